The summed E-state index contributed by atoms with van der Waals surface area (Å²) in [6.07, 6.45) is 8.80. The second kappa shape index (κ2) is 9.01. The summed E-state index contributed by atoms with van der Waals surface area (Å²) in [5.74, 6) is 0. The molecule has 0 heterocycles. The van der Waals surface area contributed by atoms with Crippen molar-refractivity contribution in [1.29, 1.82) is 0 Å². The molecule has 0 aliphatic rings. The van der Waals surface area contributed by atoms with Gasteiger partial charge in [-0.15, -0.1) is 0 Å². The zero-order chi connectivity index (χ0) is 9.23. The van der Waals surface area contributed by atoms with Crippen LogP contribution in [0.5, 0.6) is 0 Å². The van der Waals surface area contributed by atoms with Crippen LogP contribution in [0.15, 0.2) is 0 Å². The van der Waals surface area contributed by atoms with Crippen molar-refractivity contribution in [3.05, 3.63) is 0 Å². The van der Waals surface area contributed by atoms with Gasteiger partial charge in [0.1, 0.15) is 0 Å². The molecule has 0 aliphatic carbocycles. The molecule has 0 spiro atoms. The number of unbranched alkanes of at least 4 members (excludes halogenated alkanes) is 4. The molecule has 2 nitrogen and oxygen atoms in total. The molecule has 1 unspecified atom stereocenters. The molecule has 1 atom stereocenters. The van der Waals surface area contributed by atoms with E-state index in [0.717, 1.165) is 19.4 Å². The van der Waals surface area contributed by atoms with Crippen molar-refractivity contribution >= 4 is 0 Å². The molecule has 0 rings (SSSR count). The van der Waals surface area contributed by atoms with Crippen molar-refractivity contribution in [3.8, 4) is 0 Å². The molecule has 4 N–H and O–H groups in total. The van der Waals surface area contributed by atoms with E-state index >= 15 is 0 Å². The van der Waals surface area contributed by atoms with E-state index in [1.165, 1.54) is 32.1 Å². The van der Waals surface area contributed by atoms with Gasteiger partial charge in [-0.05, 0) is 19.4 Å². The first kappa shape index (κ1) is 11.9. The lowest BCUT2D eigenvalue weighted by atomic mass is 10.1. The van der Waals surface area contributed by atoms with Crippen LogP contribution in [0.4, 0.5) is 0 Å². The standard InChI is InChI=1S/C10H24N2/c1-2-3-4-5-6-7-10(12)8-9-11/h10H,2-9,11-12H2,1H3. The Morgan fingerprint density at radius 3 is 2.25 bits per heavy atom. The monoisotopic (exact) mass is 172 g/mol. The molecule has 0 aliphatic heterocycles. The summed E-state index contributed by atoms with van der Waals surface area (Å²) in [6.45, 7) is 2.97. The van der Waals surface area contributed by atoms with Crippen molar-refractivity contribution < 1.29 is 0 Å². The van der Waals surface area contributed by atoms with Gasteiger partial charge in [0.15, 0.2) is 0 Å². The van der Waals surface area contributed by atoms with Gasteiger partial charge in [0, 0.05) is 6.04 Å². The highest BCUT2D eigenvalue weighted by atomic mass is 14.6. The average molecular weight is 172 g/mol. The Morgan fingerprint density at radius 1 is 1.00 bits per heavy atom. The third-order valence-electron chi connectivity index (χ3n) is 2.22. The van der Waals surface area contributed by atoms with Gasteiger partial charge in [0.2, 0.25) is 0 Å². The molecule has 0 fully saturated rings. The number of hydrogen-bond donors (Lipinski definition) is 2. The Kier molecular flexibility index (Phi) is 8.95. The smallest absolute Gasteiger partial charge is 0.00508 e. The molecule has 0 radical (unpaired) electrons. The first-order chi connectivity index (χ1) is 5.81. The molecular weight excluding hydrogens is 148 g/mol. The van der Waals surface area contributed by atoms with Crippen LogP contribution in [-0.4, -0.2) is 12.6 Å². The normalized spacial score (nSPS) is 13.2. The summed E-state index contributed by atoms with van der Waals surface area (Å²) in [5.41, 5.74) is 11.2. The zero-order valence-electron chi connectivity index (χ0n) is 8.39. The van der Waals surface area contributed by atoms with Crippen molar-refractivity contribution in [2.24, 2.45) is 11.5 Å². The maximum Gasteiger partial charge on any atom is 0.00508 e. The Balaban J connectivity index is 2.97. The lowest BCUT2D eigenvalue weighted by Crippen LogP contribution is -2.23. The van der Waals surface area contributed by atoms with Crippen LogP contribution in [0.2, 0.25) is 0 Å². The fourth-order valence-corrected chi connectivity index (χ4v) is 1.37. The molecule has 0 aromatic rings. The Bertz CT molecular complexity index is 83.9. The van der Waals surface area contributed by atoms with Gasteiger partial charge >= 0.3 is 0 Å². The second-order valence-electron chi connectivity index (χ2n) is 3.54. The molecule has 0 aromatic heterocycles. The lowest BCUT2D eigenvalue weighted by Gasteiger charge is -2.08. The van der Waals surface area contributed by atoms with Gasteiger partial charge in [-0.3, -0.25) is 0 Å². The molecule has 0 saturated carbocycles. The second-order valence-corrected chi connectivity index (χ2v) is 3.54. The molecular formula is C10H24N2. The predicted octanol–water partition coefficient (Wildman–Crippen LogP) is 2.02. The van der Waals surface area contributed by atoms with E-state index in [4.69, 9.17) is 11.5 Å². The minimum Gasteiger partial charge on any atom is -0.330 e. The van der Waals surface area contributed by atoms with E-state index in [0.29, 0.717) is 6.04 Å². The van der Waals surface area contributed by atoms with Gasteiger partial charge in [-0.25, -0.2) is 0 Å². The van der Waals surface area contributed by atoms with E-state index < -0.39 is 0 Å². The summed E-state index contributed by atoms with van der Waals surface area (Å²) in [5, 5.41) is 0. The summed E-state index contributed by atoms with van der Waals surface area (Å²) < 4.78 is 0. The third-order valence-corrected chi connectivity index (χ3v) is 2.22. The minimum atomic E-state index is 0.344. The van der Waals surface area contributed by atoms with Gasteiger partial charge in [-0.1, -0.05) is 39.0 Å². The highest BCUT2D eigenvalue weighted by molar-refractivity contribution is 4.61. The van der Waals surface area contributed by atoms with E-state index in [-0.39, 0.29) is 0 Å². The SMILES string of the molecule is CCCCCCCC(N)CCN. The first-order valence-corrected chi connectivity index (χ1v) is 5.27. The van der Waals surface area contributed by atoms with Crippen LogP contribution in [0.1, 0.15) is 51.9 Å². The van der Waals surface area contributed by atoms with Crippen molar-refractivity contribution in [1.82, 2.24) is 0 Å². The molecule has 2 heteroatoms. The van der Waals surface area contributed by atoms with Gasteiger partial charge < -0.3 is 11.5 Å². The van der Waals surface area contributed by atoms with E-state index in [1.54, 1.807) is 0 Å². The lowest BCUT2D eigenvalue weighted by molar-refractivity contribution is 0.520. The number of rotatable bonds is 8. The topological polar surface area (TPSA) is 52.0 Å². The zero-order valence-corrected chi connectivity index (χ0v) is 8.39. The highest BCUT2D eigenvalue weighted by Crippen LogP contribution is 2.07. The van der Waals surface area contributed by atoms with Crippen molar-refractivity contribution in [2.75, 3.05) is 6.54 Å². The van der Waals surface area contributed by atoms with Gasteiger partial charge in [0.25, 0.3) is 0 Å². The Morgan fingerprint density at radius 2 is 1.67 bits per heavy atom. The summed E-state index contributed by atoms with van der Waals surface area (Å²) >= 11 is 0. The van der Waals surface area contributed by atoms with E-state index in [9.17, 15) is 0 Å². The van der Waals surface area contributed by atoms with E-state index in [2.05, 4.69) is 6.92 Å². The largest absolute Gasteiger partial charge is 0.330 e. The van der Waals surface area contributed by atoms with Crippen LogP contribution in [0.25, 0.3) is 0 Å². The maximum atomic E-state index is 5.82. The van der Waals surface area contributed by atoms with E-state index in [1.807, 2.05) is 0 Å². The summed E-state index contributed by atoms with van der Waals surface area (Å²) in [7, 11) is 0. The van der Waals surface area contributed by atoms with Crippen molar-refractivity contribution in [2.45, 2.75) is 57.9 Å². The summed E-state index contributed by atoms with van der Waals surface area (Å²) in [6, 6.07) is 0.344. The molecule has 0 amide bonds. The molecule has 0 aromatic carbocycles. The molecule has 0 bridgehead atoms. The number of nitrogens with two attached hydrogens (primary N) is 2. The van der Waals surface area contributed by atoms with Gasteiger partial charge in [0.05, 0.1) is 0 Å². The van der Waals surface area contributed by atoms with Crippen LogP contribution in [-0.2, 0) is 0 Å². The van der Waals surface area contributed by atoms with Crippen LogP contribution in [0.3, 0.4) is 0 Å². The molecule has 12 heavy (non-hydrogen) atoms. The third kappa shape index (κ3) is 8.02. The van der Waals surface area contributed by atoms with Crippen LogP contribution < -0.4 is 11.5 Å². The minimum absolute atomic E-state index is 0.344. The average Bonchev–Trinajstić information content (AvgIpc) is 2.05. The fraction of sp³-hybridized carbons (Fsp3) is 1.00. The fourth-order valence-electron chi connectivity index (χ4n) is 1.37. The quantitative estimate of drug-likeness (QED) is 0.550. The molecule has 0 saturated heterocycles. The number of hydrogen-bond acceptors (Lipinski definition) is 2. The molecule has 74 valence electrons. The van der Waals surface area contributed by atoms with Gasteiger partial charge in [-0.2, -0.15) is 0 Å². The van der Waals surface area contributed by atoms with Crippen LogP contribution >= 0.6 is 0 Å². The van der Waals surface area contributed by atoms with Crippen molar-refractivity contribution in [3.63, 3.8) is 0 Å². The van der Waals surface area contributed by atoms with Crippen LogP contribution in [0, 0.1) is 0 Å². The Labute approximate surface area is 76.7 Å². The highest BCUT2D eigenvalue weighted by Gasteiger charge is 1.99. The maximum absolute atomic E-state index is 5.82. The summed E-state index contributed by atoms with van der Waals surface area (Å²) in [4.78, 5) is 0. The first-order valence-electron chi connectivity index (χ1n) is 5.27. The predicted molar refractivity (Wildman–Crippen MR) is 55.0 cm³/mol. The Hall–Kier alpha value is -0.0800.